The average molecular weight is 244 g/mol. The van der Waals surface area contributed by atoms with E-state index in [0.29, 0.717) is 11.5 Å². The summed E-state index contributed by atoms with van der Waals surface area (Å²) in [6.45, 7) is 7.68. The summed E-state index contributed by atoms with van der Waals surface area (Å²) in [5, 5.41) is -0.671. The molecule has 0 saturated heterocycles. The van der Waals surface area contributed by atoms with Crippen LogP contribution in [-0.2, 0) is 10.1 Å². The summed E-state index contributed by atoms with van der Waals surface area (Å²) in [5.41, 5.74) is 0. The Hall–Kier alpha value is -0.970. The third-order valence-corrected chi connectivity index (χ3v) is 4.49. The Morgan fingerprint density at radius 2 is 1.88 bits per heavy atom. The van der Waals surface area contributed by atoms with Gasteiger partial charge in [-0.15, -0.1) is 0 Å². The lowest BCUT2D eigenvalue weighted by atomic mass is 10.1. The quantitative estimate of drug-likeness (QED) is 0.751. The maximum atomic E-state index is 11.7. The molecule has 0 bridgehead atoms. The highest BCUT2D eigenvalue weighted by atomic mass is 32.2. The molecule has 0 N–H and O–H groups in total. The first-order valence-corrected chi connectivity index (χ1v) is 6.87. The van der Waals surface area contributed by atoms with E-state index in [-0.39, 0.29) is 11.8 Å². The molecule has 1 aromatic heterocycles. The molecule has 5 heteroatoms. The van der Waals surface area contributed by atoms with Gasteiger partial charge in [0, 0.05) is 12.0 Å². The summed E-state index contributed by atoms with van der Waals surface area (Å²) in [7, 11) is -3.54. The Labute approximate surface area is 95.7 Å². The highest BCUT2D eigenvalue weighted by molar-refractivity contribution is 7.87. The van der Waals surface area contributed by atoms with Gasteiger partial charge in [0.15, 0.2) is 16.8 Å². The fourth-order valence-electron chi connectivity index (χ4n) is 1.90. The van der Waals surface area contributed by atoms with Crippen molar-refractivity contribution < 1.29 is 17.0 Å². The SMILES string of the molecule is CC(C)c1cc2c(o1)C(C(C)C)S(=O)(=O)O2. The average Bonchev–Trinajstić information content (AvgIpc) is 2.55. The van der Waals surface area contributed by atoms with Crippen molar-refractivity contribution in [2.24, 2.45) is 5.92 Å². The third-order valence-electron chi connectivity index (χ3n) is 2.69. The molecule has 0 fully saturated rings. The molecule has 16 heavy (non-hydrogen) atoms. The predicted molar refractivity (Wildman–Crippen MR) is 59.9 cm³/mol. The number of rotatable bonds is 2. The van der Waals surface area contributed by atoms with Gasteiger partial charge in [0.25, 0.3) is 0 Å². The Kier molecular flexibility index (Phi) is 2.53. The minimum Gasteiger partial charge on any atom is -0.460 e. The molecule has 4 nitrogen and oxygen atoms in total. The van der Waals surface area contributed by atoms with E-state index in [4.69, 9.17) is 8.60 Å². The normalized spacial score (nSPS) is 22.5. The first-order chi connectivity index (χ1) is 7.33. The summed E-state index contributed by atoms with van der Waals surface area (Å²) >= 11 is 0. The van der Waals surface area contributed by atoms with Crippen molar-refractivity contribution >= 4 is 10.1 Å². The van der Waals surface area contributed by atoms with Gasteiger partial charge in [0.2, 0.25) is 0 Å². The third kappa shape index (κ3) is 1.63. The maximum Gasteiger partial charge on any atom is 0.320 e. The topological polar surface area (TPSA) is 56.5 Å². The molecule has 1 aliphatic rings. The van der Waals surface area contributed by atoms with Gasteiger partial charge in [0.1, 0.15) is 5.76 Å². The van der Waals surface area contributed by atoms with Gasteiger partial charge in [-0.3, -0.25) is 0 Å². The fraction of sp³-hybridized carbons (Fsp3) is 0.636. The lowest BCUT2D eigenvalue weighted by Crippen LogP contribution is -2.16. The van der Waals surface area contributed by atoms with Gasteiger partial charge in [0.05, 0.1) is 0 Å². The van der Waals surface area contributed by atoms with E-state index in [1.165, 1.54) is 0 Å². The highest BCUT2D eigenvalue weighted by Gasteiger charge is 2.44. The zero-order valence-electron chi connectivity index (χ0n) is 9.85. The van der Waals surface area contributed by atoms with Crippen LogP contribution in [0.3, 0.4) is 0 Å². The number of hydrogen-bond donors (Lipinski definition) is 0. The van der Waals surface area contributed by atoms with Crippen LogP contribution in [0.25, 0.3) is 0 Å². The standard InChI is InChI=1S/C11H16O4S/c1-6(2)8-5-9-10(14-8)11(7(3)4)16(12,13)15-9/h5-7,11H,1-4H3. The monoisotopic (exact) mass is 244 g/mol. The van der Waals surface area contributed by atoms with E-state index in [1.807, 2.05) is 27.7 Å². The van der Waals surface area contributed by atoms with Crippen molar-refractivity contribution in [1.29, 1.82) is 0 Å². The highest BCUT2D eigenvalue weighted by Crippen LogP contribution is 2.46. The largest absolute Gasteiger partial charge is 0.460 e. The molecule has 1 unspecified atom stereocenters. The van der Waals surface area contributed by atoms with E-state index >= 15 is 0 Å². The van der Waals surface area contributed by atoms with Crippen molar-refractivity contribution in [3.8, 4) is 5.75 Å². The maximum absolute atomic E-state index is 11.7. The lowest BCUT2D eigenvalue weighted by molar-refractivity contribution is 0.415. The lowest BCUT2D eigenvalue weighted by Gasteiger charge is -2.11. The van der Waals surface area contributed by atoms with Gasteiger partial charge in [-0.25, -0.2) is 0 Å². The van der Waals surface area contributed by atoms with Crippen molar-refractivity contribution in [2.45, 2.75) is 38.9 Å². The molecule has 0 spiro atoms. The van der Waals surface area contributed by atoms with Gasteiger partial charge >= 0.3 is 10.1 Å². The molecule has 1 atom stereocenters. The second-order valence-electron chi connectivity index (χ2n) is 4.77. The van der Waals surface area contributed by atoms with Crippen LogP contribution in [0.2, 0.25) is 0 Å². The summed E-state index contributed by atoms with van der Waals surface area (Å²) in [5.74, 6) is 1.76. The van der Waals surface area contributed by atoms with Crippen LogP contribution in [0.5, 0.6) is 5.75 Å². The number of furan rings is 1. The van der Waals surface area contributed by atoms with E-state index in [9.17, 15) is 8.42 Å². The smallest absolute Gasteiger partial charge is 0.320 e. The van der Waals surface area contributed by atoms with Crippen molar-refractivity contribution in [3.05, 3.63) is 17.6 Å². The minimum absolute atomic E-state index is 0.0580. The van der Waals surface area contributed by atoms with Crippen LogP contribution in [0, 0.1) is 5.92 Å². The summed E-state index contributed by atoms with van der Waals surface area (Å²) < 4.78 is 34.0. The molecule has 2 heterocycles. The van der Waals surface area contributed by atoms with Gasteiger partial charge < -0.3 is 8.60 Å². The van der Waals surface area contributed by atoms with Crippen LogP contribution < -0.4 is 4.18 Å². The van der Waals surface area contributed by atoms with Gasteiger partial charge in [-0.2, -0.15) is 8.42 Å². The molecular weight excluding hydrogens is 228 g/mol. The van der Waals surface area contributed by atoms with Crippen LogP contribution in [0.1, 0.15) is 50.4 Å². The summed E-state index contributed by atoms with van der Waals surface area (Å²) in [4.78, 5) is 0. The Morgan fingerprint density at radius 1 is 1.25 bits per heavy atom. The predicted octanol–water partition coefficient (Wildman–Crippen LogP) is 2.82. The summed E-state index contributed by atoms with van der Waals surface area (Å²) in [6.07, 6.45) is 0. The molecule has 0 amide bonds. The van der Waals surface area contributed by atoms with Crippen LogP contribution in [0.4, 0.5) is 0 Å². The zero-order chi connectivity index (χ0) is 12.1. The zero-order valence-corrected chi connectivity index (χ0v) is 10.7. The van der Waals surface area contributed by atoms with Gasteiger partial charge in [-0.1, -0.05) is 27.7 Å². The Morgan fingerprint density at radius 3 is 2.38 bits per heavy atom. The minimum atomic E-state index is -3.54. The molecule has 0 saturated carbocycles. The molecular formula is C11H16O4S. The Balaban J connectivity index is 2.49. The van der Waals surface area contributed by atoms with E-state index in [1.54, 1.807) is 6.07 Å². The number of hydrogen-bond acceptors (Lipinski definition) is 4. The molecule has 90 valence electrons. The first kappa shape index (κ1) is 11.5. The Bertz CT molecular complexity index is 496. The van der Waals surface area contributed by atoms with Crippen molar-refractivity contribution in [1.82, 2.24) is 0 Å². The molecule has 0 aliphatic carbocycles. The van der Waals surface area contributed by atoms with E-state index < -0.39 is 15.4 Å². The molecule has 0 radical (unpaired) electrons. The van der Waals surface area contributed by atoms with Crippen molar-refractivity contribution in [3.63, 3.8) is 0 Å². The second kappa shape index (κ2) is 3.52. The molecule has 0 aromatic carbocycles. The second-order valence-corrected chi connectivity index (χ2v) is 6.43. The molecule has 2 rings (SSSR count). The molecule has 1 aromatic rings. The first-order valence-electron chi connectivity index (χ1n) is 5.40. The number of fused-ring (bicyclic) bond motifs is 1. The van der Waals surface area contributed by atoms with Gasteiger partial charge in [-0.05, 0) is 5.92 Å². The van der Waals surface area contributed by atoms with E-state index in [2.05, 4.69) is 0 Å². The van der Waals surface area contributed by atoms with Crippen molar-refractivity contribution in [2.75, 3.05) is 0 Å². The summed E-state index contributed by atoms with van der Waals surface area (Å²) in [6, 6.07) is 1.68. The molecule has 1 aliphatic heterocycles. The van der Waals surface area contributed by atoms with Crippen LogP contribution in [0.15, 0.2) is 10.5 Å². The van der Waals surface area contributed by atoms with Crippen LogP contribution >= 0.6 is 0 Å². The fourth-order valence-corrected chi connectivity index (χ4v) is 3.48. The van der Waals surface area contributed by atoms with E-state index in [0.717, 1.165) is 5.76 Å². The van der Waals surface area contributed by atoms with Crippen LogP contribution in [-0.4, -0.2) is 8.42 Å².